The molecule has 4 rings (SSSR count). The van der Waals surface area contributed by atoms with Gasteiger partial charge in [-0.3, -0.25) is 4.79 Å². The van der Waals surface area contributed by atoms with Gasteiger partial charge in [-0.25, -0.2) is 9.78 Å². The molecule has 0 aliphatic carbocycles. The number of carbonyl (C=O) groups is 2. The van der Waals surface area contributed by atoms with Crippen molar-refractivity contribution in [2.24, 2.45) is 0 Å². The molecule has 1 heterocycles. The van der Waals surface area contributed by atoms with Gasteiger partial charge in [-0.2, -0.15) is 0 Å². The Hall–Kier alpha value is -3.93. The first-order valence-electron chi connectivity index (χ1n) is 9.55. The maximum atomic E-state index is 12.8. The van der Waals surface area contributed by atoms with E-state index in [2.05, 4.69) is 4.98 Å². The predicted octanol–water partition coefficient (Wildman–Crippen LogP) is 4.75. The van der Waals surface area contributed by atoms with Gasteiger partial charge in [0.1, 0.15) is 11.3 Å². The van der Waals surface area contributed by atoms with Crippen molar-refractivity contribution in [2.45, 2.75) is 13.0 Å². The third kappa shape index (κ3) is 3.93. The van der Waals surface area contributed by atoms with E-state index in [1.807, 2.05) is 36.4 Å². The first-order valence-corrected chi connectivity index (χ1v) is 9.55. The number of oxazole rings is 1. The first kappa shape index (κ1) is 19.4. The number of esters is 1. The molecule has 0 saturated carbocycles. The van der Waals surface area contributed by atoms with Crippen LogP contribution in [0, 0.1) is 0 Å². The van der Waals surface area contributed by atoms with E-state index < -0.39 is 17.9 Å². The summed E-state index contributed by atoms with van der Waals surface area (Å²) in [6.07, 6.45) is -1.16. The summed E-state index contributed by atoms with van der Waals surface area (Å²) in [5.41, 5.74) is 2.48. The topological polar surface area (TPSA) is 78.6 Å². The number of Topliss-reactive ketones (excluding diaryl/α,β-unsaturated/α-hetero) is 1. The lowest BCUT2D eigenvalue weighted by Crippen LogP contribution is -2.28. The quantitative estimate of drug-likeness (QED) is 0.329. The van der Waals surface area contributed by atoms with E-state index in [1.54, 1.807) is 49.4 Å². The maximum Gasteiger partial charge on any atom is 0.379 e. The summed E-state index contributed by atoms with van der Waals surface area (Å²) in [6, 6.07) is 23.3. The average molecular weight is 401 g/mol. The molecule has 6 heteroatoms. The van der Waals surface area contributed by atoms with E-state index in [-0.39, 0.29) is 6.61 Å². The van der Waals surface area contributed by atoms with Crippen LogP contribution >= 0.6 is 0 Å². The highest BCUT2D eigenvalue weighted by Gasteiger charge is 2.31. The van der Waals surface area contributed by atoms with Crippen molar-refractivity contribution < 1.29 is 23.5 Å². The maximum absolute atomic E-state index is 12.8. The number of hydrogen-bond acceptors (Lipinski definition) is 6. The predicted molar refractivity (Wildman–Crippen MR) is 111 cm³/mol. The summed E-state index contributed by atoms with van der Waals surface area (Å²) in [4.78, 5) is 29.4. The molecule has 0 radical (unpaired) electrons. The van der Waals surface area contributed by atoms with Crippen LogP contribution in [0.2, 0.25) is 0 Å². The normalized spacial score (nSPS) is 11.8. The zero-order chi connectivity index (χ0) is 20.9. The van der Waals surface area contributed by atoms with Gasteiger partial charge in [-0.1, -0.05) is 54.6 Å². The Balaban J connectivity index is 1.73. The Bertz CT molecular complexity index is 1150. The lowest BCUT2D eigenvalue weighted by Gasteiger charge is -2.19. The number of hydrogen-bond donors (Lipinski definition) is 0. The van der Waals surface area contributed by atoms with Gasteiger partial charge in [0.2, 0.25) is 5.89 Å². The van der Waals surface area contributed by atoms with Crippen molar-refractivity contribution >= 4 is 22.9 Å². The smallest absolute Gasteiger partial charge is 0.379 e. The molecule has 0 spiro atoms. The van der Waals surface area contributed by atoms with Crippen LogP contribution in [0.15, 0.2) is 83.3 Å². The Morgan fingerprint density at radius 3 is 2.40 bits per heavy atom. The highest BCUT2D eigenvalue weighted by molar-refractivity contribution is 6.35. The summed E-state index contributed by atoms with van der Waals surface area (Å²) < 4.78 is 16.8. The molecular formula is C24H19NO5. The van der Waals surface area contributed by atoms with Gasteiger partial charge in [0.15, 0.2) is 11.7 Å². The molecule has 3 aromatic carbocycles. The Morgan fingerprint density at radius 2 is 1.63 bits per heavy atom. The SMILES string of the molecule is CCOC(=O)C(=O)C(Oc1ccccc1-c1nc2ccccc2o1)c1ccccc1. The minimum absolute atomic E-state index is 0.103. The summed E-state index contributed by atoms with van der Waals surface area (Å²) in [6.45, 7) is 1.75. The lowest BCUT2D eigenvalue weighted by atomic mass is 10.1. The van der Waals surface area contributed by atoms with Crippen LogP contribution in [0.5, 0.6) is 5.75 Å². The van der Waals surface area contributed by atoms with E-state index in [1.165, 1.54) is 0 Å². The molecule has 0 fully saturated rings. The number of ketones is 1. The molecular weight excluding hydrogens is 382 g/mol. The van der Waals surface area contributed by atoms with Gasteiger partial charge in [0.25, 0.3) is 5.78 Å². The van der Waals surface area contributed by atoms with Gasteiger partial charge in [0, 0.05) is 5.56 Å². The van der Waals surface area contributed by atoms with Crippen LogP contribution in [-0.4, -0.2) is 23.3 Å². The highest BCUT2D eigenvalue weighted by atomic mass is 16.5. The van der Waals surface area contributed by atoms with E-state index in [0.29, 0.717) is 33.9 Å². The molecule has 30 heavy (non-hydrogen) atoms. The molecule has 0 bridgehead atoms. The highest BCUT2D eigenvalue weighted by Crippen LogP contribution is 2.34. The number of carbonyl (C=O) groups excluding carboxylic acids is 2. The molecule has 6 nitrogen and oxygen atoms in total. The lowest BCUT2D eigenvalue weighted by molar-refractivity contribution is -0.156. The van der Waals surface area contributed by atoms with Crippen LogP contribution < -0.4 is 4.74 Å². The molecule has 0 aliphatic rings. The molecule has 150 valence electrons. The number of rotatable bonds is 7. The summed E-state index contributed by atoms with van der Waals surface area (Å²) in [5.74, 6) is -0.987. The second kappa shape index (κ2) is 8.61. The zero-order valence-electron chi connectivity index (χ0n) is 16.3. The van der Waals surface area contributed by atoms with Crippen LogP contribution in [0.3, 0.4) is 0 Å². The Labute approximate surface area is 173 Å². The number of ether oxygens (including phenoxy) is 2. The number of fused-ring (bicyclic) bond motifs is 1. The van der Waals surface area contributed by atoms with Gasteiger partial charge in [-0.15, -0.1) is 0 Å². The minimum Gasteiger partial charge on any atom is -0.476 e. The van der Waals surface area contributed by atoms with Gasteiger partial charge in [-0.05, 0) is 31.2 Å². The zero-order valence-corrected chi connectivity index (χ0v) is 16.3. The second-order valence-corrected chi connectivity index (χ2v) is 6.48. The largest absolute Gasteiger partial charge is 0.476 e. The summed E-state index contributed by atoms with van der Waals surface area (Å²) in [5, 5.41) is 0. The molecule has 1 aromatic heterocycles. The molecule has 1 atom stereocenters. The van der Waals surface area contributed by atoms with E-state index in [0.717, 1.165) is 0 Å². The molecule has 0 saturated heterocycles. The average Bonchev–Trinajstić information content (AvgIpc) is 3.22. The third-order valence-corrected chi connectivity index (χ3v) is 4.47. The summed E-state index contributed by atoms with van der Waals surface area (Å²) >= 11 is 0. The van der Waals surface area contributed by atoms with E-state index in [4.69, 9.17) is 13.9 Å². The monoisotopic (exact) mass is 401 g/mol. The molecule has 1 unspecified atom stereocenters. The molecule has 0 N–H and O–H groups in total. The molecule has 0 aliphatic heterocycles. The summed E-state index contributed by atoms with van der Waals surface area (Å²) in [7, 11) is 0. The van der Waals surface area contributed by atoms with Gasteiger partial charge >= 0.3 is 5.97 Å². The van der Waals surface area contributed by atoms with Crippen LogP contribution in [0.4, 0.5) is 0 Å². The van der Waals surface area contributed by atoms with Crippen molar-refractivity contribution in [2.75, 3.05) is 6.61 Å². The molecule has 0 amide bonds. The second-order valence-electron chi connectivity index (χ2n) is 6.48. The first-order chi connectivity index (χ1) is 14.7. The van der Waals surface area contributed by atoms with Crippen molar-refractivity contribution in [1.82, 2.24) is 4.98 Å². The van der Waals surface area contributed by atoms with Crippen molar-refractivity contribution in [3.05, 3.63) is 84.4 Å². The third-order valence-electron chi connectivity index (χ3n) is 4.47. The van der Waals surface area contributed by atoms with E-state index in [9.17, 15) is 9.59 Å². The fraction of sp³-hybridized carbons (Fsp3) is 0.125. The van der Waals surface area contributed by atoms with Crippen LogP contribution in [0.25, 0.3) is 22.6 Å². The van der Waals surface area contributed by atoms with Crippen LogP contribution in [0.1, 0.15) is 18.6 Å². The fourth-order valence-corrected chi connectivity index (χ4v) is 3.07. The number of nitrogens with zero attached hydrogens (tertiary/aromatic N) is 1. The van der Waals surface area contributed by atoms with Crippen molar-refractivity contribution in [1.29, 1.82) is 0 Å². The number of aromatic nitrogens is 1. The number of para-hydroxylation sites is 3. The Morgan fingerprint density at radius 1 is 0.933 bits per heavy atom. The minimum atomic E-state index is -1.16. The van der Waals surface area contributed by atoms with Crippen molar-refractivity contribution in [3.63, 3.8) is 0 Å². The number of benzene rings is 3. The molecule has 4 aromatic rings. The fourth-order valence-electron chi connectivity index (χ4n) is 3.07. The standard InChI is InChI=1S/C24H19NO5/c1-2-28-24(27)21(26)22(16-10-4-3-5-11-16)29-19-14-8-6-12-17(19)23-25-18-13-7-9-15-20(18)30-23/h3-15,22H,2H2,1H3. The Kier molecular flexibility index (Phi) is 5.57. The van der Waals surface area contributed by atoms with Gasteiger partial charge in [0.05, 0.1) is 12.2 Å². The van der Waals surface area contributed by atoms with Crippen LogP contribution in [-0.2, 0) is 14.3 Å². The van der Waals surface area contributed by atoms with Gasteiger partial charge < -0.3 is 13.9 Å². The van der Waals surface area contributed by atoms with E-state index >= 15 is 0 Å². The van der Waals surface area contributed by atoms with Crippen molar-refractivity contribution in [3.8, 4) is 17.2 Å².